The van der Waals surface area contributed by atoms with Crippen LogP contribution in [0.2, 0.25) is 0 Å². The minimum absolute atomic E-state index is 0.0209. The van der Waals surface area contributed by atoms with Gasteiger partial charge in [0.25, 0.3) is 5.56 Å². The van der Waals surface area contributed by atoms with Crippen molar-refractivity contribution in [2.45, 2.75) is 52.4 Å². The Kier molecular flexibility index (Phi) is 6.30. The summed E-state index contributed by atoms with van der Waals surface area (Å²) in [5.41, 5.74) is 0.976. The van der Waals surface area contributed by atoms with Crippen LogP contribution in [0.3, 0.4) is 0 Å². The molecule has 0 aliphatic rings. The minimum Gasteiger partial charge on any atom is -0.467 e. The zero-order valence-electron chi connectivity index (χ0n) is 16.7. The highest BCUT2D eigenvalue weighted by molar-refractivity contribution is 7.99. The monoisotopic (exact) mass is 419 g/mol. The lowest BCUT2D eigenvalue weighted by atomic mass is 10.2. The molecule has 0 bridgehead atoms. The summed E-state index contributed by atoms with van der Waals surface area (Å²) in [6, 6.07) is 3.41. The number of carbonyl (C=O) groups excluding carboxylic acids is 1. The molecule has 1 atom stereocenters. The normalized spacial score (nSPS) is 12.6. The molecule has 0 aliphatic carbocycles. The molecule has 0 saturated heterocycles. The molecule has 6 nitrogen and oxygen atoms in total. The van der Waals surface area contributed by atoms with Gasteiger partial charge in [0, 0.05) is 11.4 Å². The van der Waals surface area contributed by atoms with Crippen molar-refractivity contribution in [1.29, 1.82) is 0 Å². The maximum Gasteiger partial charge on any atom is 0.263 e. The summed E-state index contributed by atoms with van der Waals surface area (Å²) in [5, 5.41) is 4.20. The maximum absolute atomic E-state index is 13.1. The van der Waals surface area contributed by atoms with Crippen LogP contribution in [0.4, 0.5) is 0 Å². The number of thioether (sulfide) groups is 1. The quantitative estimate of drug-likeness (QED) is 0.456. The molecular weight excluding hydrogens is 394 g/mol. The van der Waals surface area contributed by atoms with Crippen molar-refractivity contribution in [2.24, 2.45) is 5.92 Å². The van der Waals surface area contributed by atoms with E-state index in [0.29, 0.717) is 28.8 Å². The number of nitrogens with zero attached hydrogens (tertiary/aromatic N) is 2. The summed E-state index contributed by atoms with van der Waals surface area (Å²) in [5.74, 6) is 1.06. The number of nitrogens with one attached hydrogen (secondary N) is 1. The lowest BCUT2D eigenvalue weighted by Crippen LogP contribution is -2.29. The van der Waals surface area contributed by atoms with Crippen LogP contribution in [0.1, 0.15) is 43.0 Å². The van der Waals surface area contributed by atoms with E-state index in [1.807, 2.05) is 26.8 Å². The van der Waals surface area contributed by atoms with Crippen LogP contribution in [0.15, 0.2) is 32.8 Å². The molecule has 0 radical (unpaired) electrons. The topological polar surface area (TPSA) is 77.1 Å². The number of rotatable bonds is 7. The standard InChI is InChI=1S/C20H25N3O3S2/c1-11(2)9-23-19(25)17-12(3)14(5)28-18(17)22-20(23)27-10-16(24)21-13(4)15-7-6-8-26-15/h6-8,11,13H,9-10H2,1-5H3,(H,21,24)/t13-/m1/s1. The molecule has 0 aromatic carbocycles. The van der Waals surface area contributed by atoms with Crippen molar-refractivity contribution in [1.82, 2.24) is 14.9 Å². The molecule has 3 aromatic rings. The Morgan fingerprint density at radius 2 is 2.11 bits per heavy atom. The molecule has 1 amide bonds. The van der Waals surface area contributed by atoms with Gasteiger partial charge in [0.15, 0.2) is 5.16 Å². The Labute approximate surface area is 172 Å². The second-order valence-corrected chi connectivity index (χ2v) is 9.41. The van der Waals surface area contributed by atoms with Crippen LogP contribution in [0.5, 0.6) is 0 Å². The van der Waals surface area contributed by atoms with E-state index >= 15 is 0 Å². The van der Waals surface area contributed by atoms with Crippen molar-refractivity contribution in [3.63, 3.8) is 0 Å². The van der Waals surface area contributed by atoms with Gasteiger partial charge in [-0.15, -0.1) is 11.3 Å². The second-order valence-electron chi connectivity index (χ2n) is 7.26. The first-order valence-electron chi connectivity index (χ1n) is 9.24. The second kappa shape index (κ2) is 8.53. The zero-order valence-corrected chi connectivity index (χ0v) is 18.4. The molecule has 0 aliphatic heterocycles. The lowest BCUT2D eigenvalue weighted by molar-refractivity contribution is -0.119. The average Bonchev–Trinajstić information content (AvgIpc) is 3.25. The molecule has 28 heavy (non-hydrogen) atoms. The van der Waals surface area contributed by atoms with Crippen LogP contribution in [0, 0.1) is 19.8 Å². The number of hydrogen-bond acceptors (Lipinski definition) is 6. The van der Waals surface area contributed by atoms with Crippen LogP contribution < -0.4 is 10.9 Å². The number of amides is 1. The summed E-state index contributed by atoms with van der Waals surface area (Å²) in [6.45, 7) is 10.5. The third-order valence-electron chi connectivity index (χ3n) is 4.48. The van der Waals surface area contributed by atoms with Crippen molar-refractivity contribution in [2.75, 3.05) is 5.75 Å². The van der Waals surface area contributed by atoms with Crippen LogP contribution in [-0.4, -0.2) is 21.2 Å². The van der Waals surface area contributed by atoms with Gasteiger partial charge >= 0.3 is 0 Å². The highest BCUT2D eigenvalue weighted by atomic mass is 32.2. The zero-order chi connectivity index (χ0) is 20.4. The smallest absolute Gasteiger partial charge is 0.263 e. The fourth-order valence-electron chi connectivity index (χ4n) is 2.97. The van der Waals surface area contributed by atoms with E-state index in [9.17, 15) is 9.59 Å². The number of fused-ring (bicyclic) bond motifs is 1. The lowest BCUT2D eigenvalue weighted by Gasteiger charge is -2.15. The van der Waals surface area contributed by atoms with Crippen molar-refractivity contribution in [3.8, 4) is 0 Å². The van der Waals surface area contributed by atoms with Gasteiger partial charge < -0.3 is 9.73 Å². The van der Waals surface area contributed by atoms with Gasteiger partial charge in [0.1, 0.15) is 10.6 Å². The Balaban J connectivity index is 1.83. The van der Waals surface area contributed by atoms with E-state index in [0.717, 1.165) is 15.3 Å². The highest BCUT2D eigenvalue weighted by Gasteiger charge is 2.19. The molecule has 3 aromatic heterocycles. The van der Waals surface area contributed by atoms with E-state index in [4.69, 9.17) is 9.40 Å². The number of furan rings is 1. The largest absolute Gasteiger partial charge is 0.467 e. The van der Waals surface area contributed by atoms with Crippen molar-refractivity contribution in [3.05, 3.63) is 45.0 Å². The third-order valence-corrected chi connectivity index (χ3v) is 6.56. The number of aryl methyl sites for hydroxylation is 2. The summed E-state index contributed by atoms with van der Waals surface area (Å²) < 4.78 is 7.03. The molecule has 0 unspecified atom stereocenters. The number of aromatic nitrogens is 2. The number of hydrogen-bond donors (Lipinski definition) is 1. The Bertz CT molecular complexity index is 1040. The summed E-state index contributed by atoms with van der Waals surface area (Å²) in [6.07, 6.45) is 1.58. The van der Waals surface area contributed by atoms with Gasteiger partial charge in [-0.2, -0.15) is 0 Å². The van der Waals surface area contributed by atoms with Crippen molar-refractivity contribution < 1.29 is 9.21 Å². The fourth-order valence-corrected chi connectivity index (χ4v) is 4.86. The first-order valence-corrected chi connectivity index (χ1v) is 11.0. The van der Waals surface area contributed by atoms with E-state index < -0.39 is 0 Å². The summed E-state index contributed by atoms with van der Waals surface area (Å²) in [7, 11) is 0. The Morgan fingerprint density at radius 1 is 1.36 bits per heavy atom. The van der Waals surface area contributed by atoms with Gasteiger partial charge in [0.05, 0.1) is 23.4 Å². The third kappa shape index (κ3) is 4.33. The summed E-state index contributed by atoms with van der Waals surface area (Å²) >= 11 is 2.82. The van der Waals surface area contributed by atoms with Crippen LogP contribution >= 0.6 is 23.1 Å². The van der Waals surface area contributed by atoms with Crippen LogP contribution in [-0.2, 0) is 11.3 Å². The molecule has 1 N–H and O–H groups in total. The molecule has 0 fully saturated rings. The molecule has 3 heterocycles. The number of carbonyl (C=O) groups is 1. The van der Waals surface area contributed by atoms with E-state index in [1.54, 1.807) is 16.9 Å². The minimum atomic E-state index is -0.209. The Hall–Kier alpha value is -2.06. The van der Waals surface area contributed by atoms with Gasteiger partial charge in [-0.05, 0) is 44.4 Å². The molecule has 8 heteroatoms. The highest BCUT2D eigenvalue weighted by Crippen LogP contribution is 2.28. The first-order chi connectivity index (χ1) is 13.3. The van der Waals surface area contributed by atoms with Gasteiger partial charge in [-0.3, -0.25) is 14.2 Å². The average molecular weight is 420 g/mol. The van der Waals surface area contributed by atoms with Gasteiger partial charge in [-0.25, -0.2) is 4.98 Å². The maximum atomic E-state index is 13.1. The molecule has 3 rings (SSSR count). The number of thiophene rings is 1. The summed E-state index contributed by atoms with van der Waals surface area (Å²) in [4.78, 5) is 32.0. The molecular formula is C20H25N3O3S2. The predicted octanol–water partition coefficient (Wildman–Crippen LogP) is 4.29. The van der Waals surface area contributed by atoms with E-state index in [1.165, 1.54) is 23.1 Å². The first kappa shape index (κ1) is 20.7. The van der Waals surface area contributed by atoms with Crippen LogP contribution in [0.25, 0.3) is 10.2 Å². The van der Waals surface area contributed by atoms with Gasteiger partial charge in [0.2, 0.25) is 5.91 Å². The SMILES string of the molecule is Cc1sc2nc(SCC(=O)N[C@H](C)c3ccco3)n(CC(C)C)c(=O)c2c1C. The predicted molar refractivity (Wildman–Crippen MR) is 114 cm³/mol. The molecule has 150 valence electrons. The Morgan fingerprint density at radius 3 is 2.75 bits per heavy atom. The van der Waals surface area contributed by atoms with E-state index in [2.05, 4.69) is 19.2 Å². The van der Waals surface area contributed by atoms with Gasteiger partial charge in [-0.1, -0.05) is 25.6 Å². The molecule has 0 saturated carbocycles. The molecule has 0 spiro atoms. The van der Waals surface area contributed by atoms with Crippen molar-refractivity contribution >= 4 is 39.2 Å². The van der Waals surface area contributed by atoms with E-state index in [-0.39, 0.29) is 23.3 Å². The fraction of sp³-hybridized carbons (Fsp3) is 0.450.